The number of carbonyl (C=O) groups excluding carboxylic acids is 3. The Kier molecular flexibility index (Phi) is 11.0. The van der Waals surface area contributed by atoms with Gasteiger partial charge in [-0.2, -0.15) is 10.1 Å². The average molecular weight is 797 g/mol. The third-order valence-electron chi connectivity index (χ3n) is 11.8. The molecule has 3 N–H and O–H groups in total. The van der Waals surface area contributed by atoms with Gasteiger partial charge in [0.2, 0.25) is 11.8 Å². The first-order valence-corrected chi connectivity index (χ1v) is 20.3. The van der Waals surface area contributed by atoms with Gasteiger partial charge >= 0.3 is 11.8 Å². The molecule has 3 amide bonds. The quantitative estimate of drug-likeness (QED) is 0.119. The molecule has 0 unspecified atom stereocenters. The van der Waals surface area contributed by atoms with E-state index in [9.17, 15) is 14.4 Å². The molecule has 3 aromatic heterocycles. The fourth-order valence-corrected chi connectivity index (χ4v) is 8.30. The summed E-state index contributed by atoms with van der Waals surface area (Å²) in [6, 6.07) is 20.6. The maximum atomic E-state index is 15.3. The van der Waals surface area contributed by atoms with Gasteiger partial charge in [-0.3, -0.25) is 24.8 Å². The van der Waals surface area contributed by atoms with Crippen molar-refractivity contribution in [2.45, 2.75) is 90.5 Å². The second-order valence-corrected chi connectivity index (χ2v) is 17.0. The van der Waals surface area contributed by atoms with E-state index in [0.29, 0.717) is 35.9 Å². The largest absolute Gasteiger partial charge is 0.344 e. The number of rotatable bonds is 10. The minimum absolute atomic E-state index is 0.0522. The molecule has 0 aliphatic carbocycles. The highest BCUT2D eigenvalue weighted by Gasteiger charge is 2.31. The van der Waals surface area contributed by atoms with E-state index in [0.717, 1.165) is 88.9 Å². The zero-order valence-corrected chi connectivity index (χ0v) is 34.1. The van der Waals surface area contributed by atoms with Crippen molar-refractivity contribution in [2.24, 2.45) is 0 Å². The van der Waals surface area contributed by atoms with Crippen molar-refractivity contribution in [1.29, 1.82) is 0 Å². The minimum atomic E-state index is -0.623. The smallest absolute Gasteiger partial charge is 0.315 e. The van der Waals surface area contributed by atoms with Crippen LogP contribution in [0.3, 0.4) is 0 Å². The van der Waals surface area contributed by atoms with E-state index in [1.807, 2.05) is 59.0 Å². The Labute approximate surface area is 342 Å². The summed E-state index contributed by atoms with van der Waals surface area (Å²) in [6.45, 7) is 12.8. The number of aromatic amines is 1. The summed E-state index contributed by atoms with van der Waals surface area (Å²) in [7, 11) is 0. The number of nitrogens with one attached hydrogen (secondary N) is 3. The molecule has 0 radical (unpaired) electrons. The van der Waals surface area contributed by atoms with Gasteiger partial charge in [-0.1, -0.05) is 68.4 Å². The monoisotopic (exact) mass is 796 g/mol. The third kappa shape index (κ3) is 8.56. The third-order valence-corrected chi connectivity index (χ3v) is 11.8. The van der Waals surface area contributed by atoms with Crippen molar-refractivity contribution in [3.8, 4) is 22.4 Å². The fourth-order valence-electron chi connectivity index (χ4n) is 8.30. The molecule has 304 valence electrons. The van der Waals surface area contributed by atoms with Crippen LogP contribution in [0.15, 0.2) is 71.4 Å². The fraction of sp³-hybridized carbons (Fsp3) is 0.370. The van der Waals surface area contributed by atoms with Crippen LogP contribution in [0.25, 0.3) is 33.4 Å². The van der Waals surface area contributed by atoms with Crippen molar-refractivity contribution < 1.29 is 23.3 Å². The number of hydrogen-bond acceptors (Lipinski definition) is 9. The van der Waals surface area contributed by atoms with E-state index in [-0.39, 0.29) is 29.5 Å². The molecule has 2 aliphatic rings. The Hall–Kier alpha value is -6.08. The zero-order chi connectivity index (χ0) is 41.4. The molecule has 8 rings (SSSR count). The number of nitrogens with zero attached hydrogens (tertiary/aromatic N) is 5. The minimum Gasteiger partial charge on any atom is -0.344 e. The normalized spacial score (nSPS) is 16.7. The van der Waals surface area contributed by atoms with Gasteiger partial charge in [0.1, 0.15) is 11.5 Å². The summed E-state index contributed by atoms with van der Waals surface area (Å²) in [5, 5.41) is 17.8. The van der Waals surface area contributed by atoms with Crippen LogP contribution in [-0.2, 0) is 28.0 Å². The van der Waals surface area contributed by atoms with E-state index in [1.54, 1.807) is 6.07 Å². The summed E-state index contributed by atoms with van der Waals surface area (Å²) in [4.78, 5) is 48.1. The maximum Gasteiger partial charge on any atom is 0.315 e. The van der Waals surface area contributed by atoms with Gasteiger partial charge in [0.15, 0.2) is 11.5 Å². The molecule has 3 aromatic carbocycles. The van der Waals surface area contributed by atoms with Crippen LogP contribution in [0.1, 0.15) is 108 Å². The number of imide groups is 1. The molecule has 0 spiro atoms. The highest BCUT2D eigenvalue weighted by Crippen LogP contribution is 2.34. The molecular formula is C46H49FN8O4. The van der Waals surface area contributed by atoms with Gasteiger partial charge < -0.3 is 14.7 Å². The molecule has 1 atom stereocenters. The van der Waals surface area contributed by atoms with Crippen LogP contribution < -0.4 is 10.6 Å². The van der Waals surface area contributed by atoms with E-state index >= 15 is 4.39 Å². The predicted octanol–water partition coefficient (Wildman–Crippen LogP) is 7.60. The Morgan fingerprint density at radius 2 is 1.71 bits per heavy atom. The van der Waals surface area contributed by atoms with Crippen LogP contribution in [0.4, 0.5) is 4.39 Å². The molecular weight excluding hydrogens is 748 g/mol. The van der Waals surface area contributed by atoms with Gasteiger partial charge in [0, 0.05) is 53.2 Å². The van der Waals surface area contributed by atoms with Crippen LogP contribution >= 0.6 is 0 Å². The van der Waals surface area contributed by atoms with Gasteiger partial charge in [-0.15, -0.1) is 0 Å². The second-order valence-electron chi connectivity index (χ2n) is 17.0. The molecule has 2 aliphatic heterocycles. The number of amides is 3. The van der Waals surface area contributed by atoms with E-state index in [4.69, 9.17) is 9.51 Å². The lowest BCUT2D eigenvalue weighted by molar-refractivity contribution is -0.134. The maximum absolute atomic E-state index is 15.3. The molecule has 13 heteroatoms. The molecule has 2 saturated heterocycles. The number of aryl methyl sites for hydroxylation is 2. The number of H-pyrrole nitrogens is 1. The Balaban J connectivity index is 0.864. The van der Waals surface area contributed by atoms with Crippen LogP contribution in [-0.4, -0.2) is 67.6 Å². The number of pyridine rings is 1. The first kappa shape index (κ1) is 39.7. The number of hydrogen-bond donors (Lipinski definition) is 3. The molecule has 2 fully saturated rings. The first-order valence-electron chi connectivity index (χ1n) is 20.3. The highest BCUT2D eigenvalue weighted by molar-refractivity contribution is 6.01. The first-order chi connectivity index (χ1) is 28.3. The van der Waals surface area contributed by atoms with Crippen molar-refractivity contribution >= 4 is 28.8 Å². The summed E-state index contributed by atoms with van der Waals surface area (Å²) >= 11 is 0. The zero-order valence-electron chi connectivity index (χ0n) is 34.1. The topological polar surface area (TPSA) is 159 Å². The van der Waals surface area contributed by atoms with Crippen molar-refractivity contribution in [1.82, 2.24) is 40.9 Å². The number of aromatic nitrogens is 5. The van der Waals surface area contributed by atoms with Gasteiger partial charge in [-0.05, 0) is 110 Å². The number of piperidine rings is 2. The molecule has 59 heavy (non-hydrogen) atoms. The summed E-state index contributed by atoms with van der Waals surface area (Å²) in [5.41, 5.74) is 9.61. The van der Waals surface area contributed by atoms with E-state index in [2.05, 4.69) is 72.3 Å². The number of carbonyl (C=O) groups is 3. The average Bonchev–Trinajstić information content (AvgIpc) is 3.89. The van der Waals surface area contributed by atoms with Crippen molar-refractivity contribution in [3.05, 3.63) is 118 Å². The second kappa shape index (κ2) is 16.3. The number of halogens is 1. The Bertz CT molecular complexity index is 2520. The van der Waals surface area contributed by atoms with Crippen LogP contribution in [0, 0.1) is 19.7 Å². The molecule has 12 nitrogen and oxygen atoms in total. The van der Waals surface area contributed by atoms with Crippen LogP contribution in [0.2, 0.25) is 0 Å². The number of likely N-dealkylation sites (tertiary alicyclic amines) is 1. The molecule has 0 bridgehead atoms. The number of fused-ring (bicyclic) bond motifs is 1. The molecule has 5 heterocycles. The number of benzene rings is 3. The van der Waals surface area contributed by atoms with Gasteiger partial charge in [0.25, 0.3) is 0 Å². The lowest BCUT2D eigenvalue weighted by atomic mass is 9.86. The Morgan fingerprint density at radius 1 is 0.949 bits per heavy atom. The van der Waals surface area contributed by atoms with E-state index in [1.165, 1.54) is 5.56 Å². The summed E-state index contributed by atoms with van der Waals surface area (Å²) in [6.07, 6.45) is 5.27. The predicted molar refractivity (Wildman–Crippen MR) is 222 cm³/mol. The van der Waals surface area contributed by atoms with Crippen LogP contribution in [0.5, 0.6) is 0 Å². The SMILES string of the molecule is Cc1cc(-c2n[nH]c3ncc(-c4ccc(C5CCN(CCc6cc(C)c([C@H]7CCC(=O)NC7=O)c(F)c6)CC5)cc4)cc23)ccc1CNC(=O)c1nc(C(C)(C)C)no1. The summed E-state index contributed by atoms with van der Waals surface area (Å²) < 4.78 is 20.5. The highest BCUT2D eigenvalue weighted by atomic mass is 19.1. The molecule has 6 aromatic rings. The Morgan fingerprint density at radius 3 is 2.41 bits per heavy atom. The lowest BCUT2D eigenvalue weighted by Gasteiger charge is -2.32. The van der Waals surface area contributed by atoms with Crippen molar-refractivity contribution in [3.63, 3.8) is 0 Å². The van der Waals surface area contributed by atoms with E-state index < -0.39 is 17.7 Å². The van der Waals surface area contributed by atoms with Gasteiger partial charge in [-0.25, -0.2) is 9.37 Å². The molecule has 0 saturated carbocycles. The summed E-state index contributed by atoms with van der Waals surface area (Å²) in [5.74, 6) is -1.21. The standard InChI is InChI=1S/C46H49FN8O4/c1-26-21-32(10-11-33(26)24-49-43(58)44-51-45(54-59-44)46(3,4)5)40-36-23-34(25-48-41(36)53-52-40)30-8-6-29(7-9-30)31-15-18-55(19-16-31)17-14-28-20-27(2)39(37(47)22-28)35-12-13-38(56)50-42(35)57/h6-11,20-23,25,31,35H,12-19,24H2,1-5H3,(H,49,58)(H,48,52,53)(H,50,56,57)/t35-/m1/s1. The lowest BCUT2D eigenvalue weighted by Crippen LogP contribution is -2.40. The van der Waals surface area contributed by atoms with Crippen molar-refractivity contribution in [2.75, 3.05) is 19.6 Å². The van der Waals surface area contributed by atoms with Gasteiger partial charge in [0.05, 0.1) is 5.92 Å².